The van der Waals surface area contributed by atoms with E-state index in [1.807, 2.05) is 13.8 Å². The van der Waals surface area contributed by atoms with E-state index in [4.69, 9.17) is 16.3 Å². The van der Waals surface area contributed by atoms with Gasteiger partial charge in [-0.2, -0.15) is 0 Å². The van der Waals surface area contributed by atoms with Crippen LogP contribution in [0.4, 0.5) is 4.39 Å². The number of fused-ring (bicyclic) bond motifs is 1. The van der Waals surface area contributed by atoms with Gasteiger partial charge in [0.1, 0.15) is 17.6 Å². The average molecular weight is 480 g/mol. The maximum absolute atomic E-state index is 14.1. The largest absolute Gasteiger partial charge is 0.507 e. The number of piperazine rings is 1. The first-order chi connectivity index (χ1) is 15.7. The summed E-state index contributed by atoms with van der Waals surface area (Å²) in [5, 5.41) is 23.7. The van der Waals surface area contributed by atoms with Gasteiger partial charge in [-0.1, -0.05) is 23.7 Å². The summed E-state index contributed by atoms with van der Waals surface area (Å²) in [5.41, 5.74) is -0.455. The zero-order chi connectivity index (χ0) is 23.9. The molecule has 2 amide bonds. The van der Waals surface area contributed by atoms with Crippen LogP contribution in [-0.2, 0) is 20.9 Å². The lowest BCUT2D eigenvalue weighted by atomic mass is 9.70. The first kappa shape index (κ1) is 23.5. The molecule has 4 rings (SSSR count). The summed E-state index contributed by atoms with van der Waals surface area (Å²) in [6.07, 6.45) is 1.07. The van der Waals surface area contributed by atoms with Crippen LogP contribution in [0.25, 0.3) is 0 Å². The van der Waals surface area contributed by atoms with E-state index in [2.05, 4.69) is 5.32 Å². The van der Waals surface area contributed by atoms with Crippen LogP contribution in [0.5, 0.6) is 0 Å². The Labute approximate surface area is 196 Å². The molecule has 0 bridgehead atoms. The number of hydrogen-bond donors (Lipinski definition) is 3. The van der Waals surface area contributed by atoms with E-state index < -0.39 is 35.0 Å². The van der Waals surface area contributed by atoms with Crippen LogP contribution in [0, 0.1) is 5.82 Å². The lowest BCUT2D eigenvalue weighted by molar-refractivity contribution is -0.160. The van der Waals surface area contributed by atoms with Crippen LogP contribution in [0.15, 0.2) is 41.4 Å². The second kappa shape index (κ2) is 8.96. The van der Waals surface area contributed by atoms with Crippen molar-refractivity contribution in [2.75, 3.05) is 19.7 Å². The fourth-order valence-corrected chi connectivity index (χ4v) is 5.14. The number of carbonyl (C=O) groups is 2. The number of nitrogens with one attached hydrogen (secondary N) is 1. The Morgan fingerprint density at radius 2 is 2.09 bits per heavy atom. The molecule has 1 aromatic carbocycles. The highest BCUT2D eigenvalue weighted by atomic mass is 35.5. The number of hydrogen-bond acceptors (Lipinski definition) is 6. The Morgan fingerprint density at radius 1 is 1.36 bits per heavy atom. The number of likely N-dealkylation sites (N-methyl/N-ethyl adjacent to an activating group) is 1. The Morgan fingerprint density at radius 3 is 2.76 bits per heavy atom. The molecular formula is C23H27ClFN3O5. The molecule has 2 aliphatic heterocycles. The van der Waals surface area contributed by atoms with E-state index in [1.165, 1.54) is 23.2 Å². The maximum atomic E-state index is 14.1. The van der Waals surface area contributed by atoms with Gasteiger partial charge in [-0.15, -0.1) is 0 Å². The molecule has 0 aromatic heterocycles. The quantitative estimate of drug-likeness (QED) is 0.578. The monoisotopic (exact) mass is 479 g/mol. The Bertz CT molecular complexity index is 1040. The van der Waals surface area contributed by atoms with Gasteiger partial charge >= 0.3 is 0 Å². The fraction of sp³-hybridized carbons (Fsp3) is 0.478. The fourth-order valence-electron chi connectivity index (χ4n) is 4.94. The SMILES string of the molecule is CCOC1CC2(C1)CN1C=C(C(=O)NCc3cccc(Cl)c3F)C(O)C(O)=C1C(=O)N2CC. The van der Waals surface area contributed by atoms with Gasteiger partial charge in [-0.3, -0.25) is 9.59 Å². The second-order valence-corrected chi connectivity index (χ2v) is 8.91. The van der Waals surface area contributed by atoms with Crippen molar-refractivity contribution in [1.29, 1.82) is 0 Å². The number of rotatable bonds is 6. The summed E-state index contributed by atoms with van der Waals surface area (Å²) in [4.78, 5) is 29.3. The molecule has 178 valence electrons. The number of aliphatic hydroxyl groups excluding tert-OH is 2. The summed E-state index contributed by atoms with van der Waals surface area (Å²) < 4.78 is 19.8. The number of carbonyl (C=O) groups excluding carboxylic acids is 2. The van der Waals surface area contributed by atoms with Crippen molar-refractivity contribution in [2.24, 2.45) is 0 Å². The van der Waals surface area contributed by atoms with Crippen molar-refractivity contribution in [3.8, 4) is 0 Å². The van der Waals surface area contributed by atoms with Gasteiger partial charge in [0.15, 0.2) is 5.76 Å². The molecule has 1 aromatic rings. The van der Waals surface area contributed by atoms with Crippen LogP contribution < -0.4 is 5.32 Å². The van der Waals surface area contributed by atoms with Crippen molar-refractivity contribution in [3.63, 3.8) is 0 Å². The first-order valence-electron chi connectivity index (χ1n) is 11.0. The van der Waals surface area contributed by atoms with Gasteiger partial charge in [-0.05, 0) is 32.8 Å². The molecule has 8 nitrogen and oxygen atoms in total. The van der Waals surface area contributed by atoms with Crippen molar-refractivity contribution in [3.05, 3.63) is 57.8 Å². The molecule has 1 aliphatic carbocycles. The van der Waals surface area contributed by atoms with Gasteiger partial charge < -0.3 is 30.1 Å². The van der Waals surface area contributed by atoms with E-state index in [0.29, 0.717) is 32.5 Å². The van der Waals surface area contributed by atoms with Gasteiger partial charge in [0.05, 0.1) is 22.2 Å². The molecule has 2 heterocycles. The van der Waals surface area contributed by atoms with E-state index in [9.17, 15) is 24.2 Å². The molecule has 1 unspecified atom stereocenters. The van der Waals surface area contributed by atoms with Crippen molar-refractivity contribution in [1.82, 2.24) is 15.1 Å². The molecule has 1 atom stereocenters. The predicted octanol–water partition coefficient (Wildman–Crippen LogP) is 2.23. The van der Waals surface area contributed by atoms with E-state index in [-0.39, 0.29) is 34.5 Å². The van der Waals surface area contributed by atoms with E-state index in [1.54, 1.807) is 11.0 Å². The van der Waals surface area contributed by atoms with Crippen LogP contribution >= 0.6 is 11.6 Å². The number of ether oxygens (including phenoxy) is 1. The summed E-state index contributed by atoms with van der Waals surface area (Å²) in [5.74, 6) is -2.30. The van der Waals surface area contributed by atoms with E-state index in [0.717, 1.165) is 0 Å². The molecule has 1 spiro atoms. The van der Waals surface area contributed by atoms with Crippen molar-refractivity contribution < 1.29 is 28.9 Å². The van der Waals surface area contributed by atoms with Gasteiger partial charge in [-0.25, -0.2) is 4.39 Å². The molecule has 3 aliphatic rings. The zero-order valence-corrected chi connectivity index (χ0v) is 19.2. The van der Waals surface area contributed by atoms with Gasteiger partial charge in [0.25, 0.3) is 11.8 Å². The molecule has 33 heavy (non-hydrogen) atoms. The number of amides is 2. The molecule has 10 heteroatoms. The first-order valence-corrected chi connectivity index (χ1v) is 11.3. The number of aliphatic hydroxyl groups is 2. The minimum Gasteiger partial charge on any atom is -0.507 e. The number of nitrogens with zero attached hydrogens (tertiary/aromatic N) is 2. The predicted molar refractivity (Wildman–Crippen MR) is 118 cm³/mol. The third kappa shape index (κ3) is 3.98. The Hall–Kier alpha value is -2.62. The molecule has 1 saturated carbocycles. The van der Waals surface area contributed by atoms with Crippen LogP contribution in [0.3, 0.4) is 0 Å². The normalized spacial score (nSPS) is 26.8. The topological polar surface area (TPSA) is 102 Å². The Kier molecular flexibility index (Phi) is 6.39. The lowest BCUT2D eigenvalue weighted by Gasteiger charge is -2.58. The maximum Gasteiger partial charge on any atom is 0.274 e. The highest BCUT2D eigenvalue weighted by Gasteiger charge is 2.56. The highest BCUT2D eigenvalue weighted by molar-refractivity contribution is 6.30. The third-order valence-corrected chi connectivity index (χ3v) is 6.82. The minimum absolute atomic E-state index is 0.0349. The van der Waals surface area contributed by atoms with E-state index >= 15 is 0 Å². The average Bonchev–Trinajstić information content (AvgIpc) is 2.76. The summed E-state index contributed by atoms with van der Waals surface area (Å²) in [6, 6.07) is 4.45. The highest BCUT2D eigenvalue weighted by Crippen LogP contribution is 2.46. The molecule has 0 radical (unpaired) electrons. The lowest BCUT2D eigenvalue weighted by Crippen LogP contribution is -2.70. The summed E-state index contributed by atoms with van der Waals surface area (Å²) in [7, 11) is 0. The molecular weight excluding hydrogens is 453 g/mol. The minimum atomic E-state index is -1.67. The number of benzene rings is 1. The second-order valence-electron chi connectivity index (χ2n) is 8.50. The standard InChI is InChI=1S/C23H27ClFN3O5/c1-3-28-22(32)18-20(30)19(29)15(11-27(18)12-23(28)8-14(9-23)33-4-2)21(31)26-10-13-6-5-7-16(24)17(13)25/h5-7,11,14,19,29-30H,3-4,8-10,12H2,1-2H3,(H,26,31). The van der Waals surface area contributed by atoms with Crippen LogP contribution in [0.2, 0.25) is 5.02 Å². The van der Waals surface area contributed by atoms with Gasteiger partial charge in [0, 0.05) is 38.0 Å². The summed E-state index contributed by atoms with van der Waals surface area (Å²) >= 11 is 5.78. The summed E-state index contributed by atoms with van der Waals surface area (Å²) in [6.45, 7) is 5.02. The Balaban J connectivity index is 1.55. The molecule has 3 N–H and O–H groups in total. The molecule has 2 fully saturated rings. The van der Waals surface area contributed by atoms with Gasteiger partial charge in [0.2, 0.25) is 0 Å². The zero-order valence-electron chi connectivity index (χ0n) is 18.5. The number of halogens is 2. The third-order valence-electron chi connectivity index (χ3n) is 6.53. The molecule has 1 saturated heterocycles. The van der Waals surface area contributed by atoms with Crippen molar-refractivity contribution >= 4 is 23.4 Å². The van der Waals surface area contributed by atoms with Crippen molar-refractivity contribution in [2.45, 2.75) is 51.0 Å². The smallest absolute Gasteiger partial charge is 0.274 e. The van der Waals surface area contributed by atoms with Crippen LogP contribution in [-0.4, -0.2) is 69.3 Å². The van der Waals surface area contributed by atoms with Crippen LogP contribution in [0.1, 0.15) is 32.3 Å².